The van der Waals surface area contributed by atoms with Crippen LogP contribution in [-0.2, 0) is 22.7 Å². The average molecular weight is 465 g/mol. The number of carbonyl (C=O) groups excluding carboxylic acids is 1. The van der Waals surface area contributed by atoms with E-state index in [1.54, 1.807) is 13.2 Å². The predicted octanol–water partition coefficient (Wildman–Crippen LogP) is 5.13. The molecule has 1 aliphatic rings. The maximum Gasteiger partial charge on any atom is 0.410 e. The van der Waals surface area contributed by atoms with E-state index in [9.17, 15) is 14.7 Å². The van der Waals surface area contributed by atoms with Crippen molar-refractivity contribution in [3.8, 4) is 16.9 Å². The van der Waals surface area contributed by atoms with Crippen molar-refractivity contribution in [2.45, 2.75) is 44.9 Å². The monoisotopic (exact) mass is 464 g/mol. The Bertz CT molecular complexity index is 1100. The molecule has 1 heterocycles. The molecule has 178 valence electrons. The first-order valence-corrected chi connectivity index (χ1v) is 11.3. The number of hydrogen-bond acceptors (Lipinski definition) is 6. The second-order valence-electron chi connectivity index (χ2n) is 8.52. The Hall–Kier alpha value is -3.81. The number of carbonyl (C=O) groups is 2. The van der Waals surface area contributed by atoms with Gasteiger partial charge in [-0.15, -0.1) is 0 Å². The molecule has 34 heavy (non-hydrogen) atoms. The highest BCUT2D eigenvalue weighted by Crippen LogP contribution is 2.30. The van der Waals surface area contributed by atoms with E-state index >= 15 is 0 Å². The zero-order valence-electron chi connectivity index (χ0n) is 19.1. The van der Waals surface area contributed by atoms with E-state index in [2.05, 4.69) is 5.16 Å². The van der Waals surface area contributed by atoms with E-state index in [0.29, 0.717) is 30.9 Å². The van der Waals surface area contributed by atoms with Gasteiger partial charge in [0.05, 0.1) is 18.2 Å². The van der Waals surface area contributed by atoms with Gasteiger partial charge in [0.1, 0.15) is 5.75 Å². The van der Waals surface area contributed by atoms with E-state index in [-0.39, 0.29) is 18.6 Å². The van der Waals surface area contributed by atoms with Crippen molar-refractivity contribution in [1.82, 2.24) is 10.1 Å². The standard InChI is InChI=1S/C26H28N2O6/c1-28(16-18-6-3-2-4-7-18)26(31)32-17-24-23(15-27-34-24)19-10-12-21(13-11-19)33-22-9-5-8-20(14-22)25(29)30/h2-4,6-7,10-13,15,20,22H,5,8-9,14,16-17H2,1H3,(H,29,30)/t20-,22-/m0/s1. The van der Waals surface area contributed by atoms with E-state index in [4.69, 9.17) is 14.0 Å². The fourth-order valence-corrected chi connectivity index (χ4v) is 4.14. The Kier molecular flexibility index (Phi) is 7.47. The molecule has 0 bridgehead atoms. The summed E-state index contributed by atoms with van der Waals surface area (Å²) in [6, 6.07) is 17.1. The minimum atomic E-state index is -0.754. The Labute approximate surface area is 198 Å². The summed E-state index contributed by atoms with van der Waals surface area (Å²) in [4.78, 5) is 25.1. The molecule has 4 rings (SSSR count). The second kappa shape index (κ2) is 10.9. The van der Waals surface area contributed by atoms with Gasteiger partial charge in [-0.3, -0.25) is 4.79 Å². The first-order valence-electron chi connectivity index (χ1n) is 11.3. The van der Waals surface area contributed by atoms with E-state index < -0.39 is 12.1 Å². The SMILES string of the molecule is CN(Cc1ccccc1)C(=O)OCc1oncc1-c1ccc(O[C@H]2CCC[C@H](C(=O)O)C2)cc1. The van der Waals surface area contributed by atoms with Gasteiger partial charge < -0.3 is 24.0 Å². The van der Waals surface area contributed by atoms with Crippen LogP contribution < -0.4 is 4.74 Å². The number of aromatic nitrogens is 1. The first-order chi connectivity index (χ1) is 16.5. The van der Waals surface area contributed by atoms with Crippen molar-refractivity contribution < 1.29 is 28.7 Å². The van der Waals surface area contributed by atoms with Crippen LogP contribution in [-0.4, -0.2) is 40.4 Å². The smallest absolute Gasteiger partial charge is 0.410 e. The molecule has 8 nitrogen and oxygen atoms in total. The molecule has 3 aromatic rings. The summed E-state index contributed by atoms with van der Waals surface area (Å²) in [6.45, 7) is 0.406. The molecule has 1 fully saturated rings. The predicted molar refractivity (Wildman–Crippen MR) is 124 cm³/mol. The largest absolute Gasteiger partial charge is 0.490 e. The lowest BCUT2D eigenvalue weighted by molar-refractivity contribution is -0.143. The van der Waals surface area contributed by atoms with Crippen LogP contribution >= 0.6 is 0 Å². The summed E-state index contributed by atoms with van der Waals surface area (Å²) in [7, 11) is 1.68. The molecule has 0 spiro atoms. The lowest BCUT2D eigenvalue weighted by Crippen LogP contribution is -2.29. The number of amides is 1. The van der Waals surface area contributed by atoms with Crippen molar-refractivity contribution in [2.24, 2.45) is 5.92 Å². The number of ether oxygens (including phenoxy) is 2. The van der Waals surface area contributed by atoms with Gasteiger partial charge in [-0.1, -0.05) is 47.6 Å². The number of benzene rings is 2. The van der Waals surface area contributed by atoms with Crippen LogP contribution in [0, 0.1) is 5.92 Å². The highest BCUT2D eigenvalue weighted by molar-refractivity contribution is 5.70. The third kappa shape index (κ3) is 5.95. The van der Waals surface area contributed by atoms with Crippen molar-refractivity contribution in [3.63, 3.8) is 0 Å². The third-order valence-electron chi connectivity index (χ3n) is 5.99. The summed E-state index contributed by atoms with van der Waals surface area (Å²) in [5, 5.41) is 13.1. The molecule has 2 aromatic carbocycles. The van der Waals surface area contributed by atoms with Gasteiger partial charge in [-0.2, -0.15) is 0 Å². The van der Waals surface area contributed by atoms with Crippen molar-refractivity contribution in [3.05, 3.63) is 72.1 Å². The summed E-state index contributed by atoms with van der Waals surface area (Å²) in [5.41, 5.74) is 2.59. The van der Waals surface area contributed by atoms with Crippen molar-refractivity contribution >= 4 is 12.1 Å². The normalized spacial score (nSPS) is 17.7. The molecule has 8 heteroatoms. The highest BCUT2D eigenvalue weighted by Gasteiger charge is 2.28. The van der Waals surface area contributed by atoms with Crippen LogP contribution in [0.3, 0.4) is 0 Å². The number of aliphatic carboxylic acids is 1. The van der Waals surface area contributed by atoms with Crippen LogP contribution in [0.25, 0.3) is 11.1 Å². The lowest BCUT2D eigenvalue weighted by Gasteiger charge is -2.27. The summed E-state index contributed by atoms with van der Waals surface area (Å²) in [6.07, 6.45) is 3.97. The lowest BCUT2D eigenvalue weighted by atomic mass is 9.87. The Balaban J connectivity index is 1.33. The Morgan fingerprint density at radius 2 is 1.88 bits per heavy atom. The van der Waals surface area contributed by atoms with E-state index in [1.807, 2.05) is 54.6 Å². The molecule has 2 atom stereocenters. The maximum absolute atomic E-state index is 12.4. The molecule has 0 saturated heterocycles. The zero-order chi connectivity index (χ0) is 23.9. The van der Waals surface area contributed by atoms with Gasteiger partial charge in [0.25, 0.3) is 0 Å². The second-order valence-corrected chi connectivity index (χ2v) is 8.52. The fourth-order valence-electron chi connectivity index (χ4n) is 4.14. The van der Waals surface area contributed by atoms with Gasteiger partial charge in [0, 0.05) is 19.2 Å². The van der Waals surface area contributed by atoms with E-state index in [0.717, 1.165) is 29.5 Å². The third-order valence-corrected chi connectivity index (χ3v) is 5.99. The van der Waals surface area contributed by atoms with Gasteiger partial charge >= 0.3 is 12.1 Å². The molecule has 0 radical (unpaired) electrons. The van der Waals surface area contributed by atoms with Crippen LogP contribution in [0.4, 0.5) is 4.79 Å². The quantitative estimate of drug-likeness (QED) is 0.493. The Morgan fingerprint density at radius 3 is 2.62 bits per heavy atom. The topological polar surface area (TPSA) is 102 Å². The molecular weight excluding hydrogens is 436 g/mol. The maximum atomic E-state index is 12.4. The molecule has 1 N–H and O–H groups in total. The Morgan fingerprint density at radius 1 is 1.12 bits per heavy atom. The number of hydrogen-bond donors (Lipinski definition) is 1. The van der Waals surface area contributed by atoms with Crippen LogP contribution in [0.1, 0.15) is 37.0 Å². The number of rotatable bonds is 8. The van der Waals surface area contributed by atoms with Crippen LogP contribution in [0.15, 0.2) is 65.3 Å². The summed E-state index contributed by atoms with van der Waals surface area (Å²) >= 11 is 0. The average Bonchev–Trinajstić information content (AvgIpc) is 3.32. The van der Waals surface area contributed by atoms with Gasteiger partial charge in [-0.05, 0) is 48.9 Å². The number of nitrogens with zero attached hydrogens (tertiary/aromatic N) is 2. The van der Waals surface area contributed by atoms with E-state index in [1.165, 1.54) is 4.90 Å². The number of carboxylic acid groups (broad SMARTS) is 1. The van der Waals surface area contributed by atoms with Gasteiger partial charge in [-0.25, -0.2) is 4.79 Å². The first kappa shape index (κ1) is 23.4. The zero-order valence-corrected chi connectivity index (χ0v) is 19.1. The minimum Gasteiger partial charge on any atom is -0.490 e. The molecule has 0 aliphatic heterocycles. The molecule has 1 saturated carbocycles. The highest BCUT2D eigenvalue weighted by atomic mass is 16.6. The van der Waals surface area contributed by atoms with Gasteiger partial charge in [0.15, 0.2) is 12.4 Å². The molecule has 1 amide bonds. The minimum absolute atomic E-state index is 0.0375. The molecule has 1 aliphatic carbocycles. The fraction of sp³-hybridized carbons (Fsp3) is 0.346. The molecule has 1 aromatic heterocycles. The van der Waals surface area contributed by atoms with Crippen LogP contribution in [0.5, 0.6) is 5.75 Å². The van der Waals surface area contributed by atoms with Crippen molar-refractivity contribution in [1.29, 1.82) is 0 Å². The van der Waals surface area contributed by atoms with Crippen molar-refractivity contribution in [2.75, 3.05) is 7.05 Å². The summed E-state index contributed by atoms with van der Waals surface area (Å²) in [5.74, 6) is 0.0427. The molecular formula is C26H28N2O6. The summed E-state index contributed by atoms with van der Waals surface area (Å²) < 4.78 is 16.8. The van der Waals surface area contributed by atoms with Gasteiger partial charge in [0.2, 0.25) is 0 Å². The number of carboxylic acids is 1. The van der Waals surface area contributed by atoms with Crippen LogP contribution in [0.2, 0.25) is 0 Å². The molecule has 0 unspecified atom stereocenters.